The van der Waals surface area contributed by atoms with Crippen molar-refractivity contribution in [2.45, 2.75) is 62.8 Å². The van der Waals surface area contributed by atoms with Crippen molar-refractivity contribution in [3.63, 3.8) is 0 Å². The zero-order chi connectivity index (χ0) is 41.5. The summed E-state index contributed by atoms with van der Waals surface area (Å²) in [6.45, 7) is 7.33. The Morgan fingerprint density at radius 3 is 2.21 bits per heavy atom. The Bertz CT molecular complexity index is 2460. The molecule has 0 spiro atoms. The van der Waals surface area contributed by atoms with Crippen LogP contribution in [0.3, 0.4) is 0 Å². The second-order valence-corrected chi connectivity index (χ2v) is 17.0. The van der Waals surface area contributed by atoms with E-state index >= 15 is 0 Å². The van der Waals surface area contributed by atoms with Crippen molar-refractivity contribution in [2.24, 2.45) is 0 Å². The van der Waals surface area contributed by atoms with Crippen LogP contribution in [0.5, 0.6) is 6.01 Å². The molecule has 12 nitrogen and oxygen atoms in total. The number of ether oxygens (including phenoxy) is 1. The third kappa shape index (κ3) is 7.05. The first kappa shape index (κ1) is 38.9. The third-order valence-corrected chi connectivity index (χ3v) is 13.5. The average Bonchev–Trinajstić information content (AvgIpc) is 3.75. The fourth-order valence-corrected chi connectivity index (χ4v) is 10.4. The summed E-state index contributed by atoms with van der Waals surface area (Å²) < 4.78 is 6.46. The second kappa shape index (κ2) is 16.3. The number of H-pyrrole nitrogens is 1. The topological polar surface area (TPSA) is 121 Å². The van der Waals surface area contributed by atoms with Crippen LogP contribution in [-0.4, -0.2) is 112 Å². The summed E-state index contributed by atoms with van der Waals surface area (Å²) in [6.07, 6.45) is 5.13. The number of anilines is 2. The molecule has 10 rings (SSSR count). The molecular formula is C49H52N10O2. The Hall–Kier alpha value is -6.29. The Morgan fingerprint density at radius 2 is 1.56 bits per heavy atom. The summed E-state index contributed by atoms with van der Waals surface area (Å²) in [5, 5.41) is 18.8. The van der Waals surface area contributed by atoms with Gasteiger partial charge < -0.3 is 24.3 Å². The van der Waals surface area contributed by atoms with Crippen LogP contribution in [0.25, 0.3) is 10.9 Å². The normalized spacial score (nSPS) is 21.6. The van der Waals surface area contributed by atoms with Gasteiger partial charge >= 0.3 is 6.01 Å². The van der Waals surface area contributed by atoms with Crippen molar-refractivity contribution in [1.29, 1.82) is 5.26 Å². The fourth-order valence-electron chi connectivity index (χ4n) is 10.4. The molecule has 61 heavy (non-hydrogen) atoms. The van der Waals surface area contributed by atoms with E-state index in [0.717, 1.165) is 77.0 Å². The fraction of sp³-hybridized carbons (Fsp3) is 0.367. The number of carbonyl (C=O) groups is 1. The van der Waals surface area contributed by atoms with Crippen molar-refractivity contribution >= 4 is 28.3 Å². The van der Waals surface area contributed by atoms with Gasteiger partial charge in [-0.3, -0.25) is 14.8 Å². The zero-order valence-electron chi connectivity index (χ0n) is 35.0. The molecule has 3 unspecified atom stereocenters. The van der Waals surface area contributed by atoms with Crippen LogP contribution >= 0.6 is 0 Å². The van der Waals surface area contributed by atoms with Crippen LogP contribution in [-0.2, 0) is 23.3 Å². The lowest BCUT2D eigenvalue weighted by Crippen LogP contribution is -2.57. The summed E-state index contributed by atoms with van der Waals surface area (Å²) in [5.41, 5.74) is 8.10. The molecule has 4 aromatic carbocycles. The summed E-state index contributed by atoms with van der Waals surface area (Å²) in [4.78, 5) is 36.5. The highest BCUT2D eigenvalue weighted by atomic mass is 16.5. The summed E-state index contributed by atoms with van der Waals surface area (Å²) in [5.74, 6) is 0.929. The number of nitriles is 1. The molecule has 12 heteroatoms. The molecule has 2 aromatic heterocycles. The number of carbonyl (C=O) groups excluding carboxylic acids is 1. The predicted molar refractivity (Wildman–Crippen MR) is 236 cm³/mol. The van der Waals surface area contributed by atoms with Crippen LogP contribution < -0.4 is 14.5 Å². The Kier molecular flexibility index (Phi) is 10.4. The lowest BCUT2D eigenvalue weighted by Gasteiger charge is -2.43. The molecule has 4 atom stereocenters. The summed E-state index contributed by atoms with van der Waals surface area (Å²) >= 11 is 0. The van der Waals surface area contributed by atoms with E-state index in [9.17, 15) is 10.1 Å². The van der Waals surface area contributed by atoms with Gasteiger partial charge in [-0.1, -0.05) is 97.1 Å². The number of likely N-dealkylation sites (tertiary alicyclic amines) is 1. The van der Waals surface area contributed by atoms with Crippen molar-refractivity contribution in [3.8, 4) is 12.1 Å². The first-order chi connectivity index (χ1) is 29.9. The highest BCUT2D eigenvalue weighted by molar-refractivity contribution is 5.93. The van der Waals surface area contributed by atoms with E-state index < -0.39 is 5.54 Å². The summed E-state index contributed by atoms with van der Waals surface area (Å²) in [7, 11) is 2.15. The molecule has 3 saturated heterocycles. The molecule has 6 aromatic rings. The molecule has 0 radical (unpaired) electrons. The maximum Gasteiger partial charge on any atom is 0.318 e. The number of rotatable bonds is 11. The van der Waals surface area contributed by atoms with Crippen molar-refractivity contribution in [2.75, 3.05) is 62.7 Å². The van der Waals surface area contributed by atoms with Gasteiger partial charge in [0.2, 0.25) is 5.91 Å². The van der Waals surface area contributed by atoms with Crippen LogP contribution in [0.4, 0.5) is 11.5 Å². The number of aromatic amines is 1. The van der Waals surface area contributed by atoms with Gasteiger partial charge in [-0.15, -0.1) is 0 Å². The molecule has 1 N–H and O–H groups in total. The van der Waals surface area contributed by atoms with Gasteiger partial charge in [0.15, 0.2) is 0 Å². The maximum absolute atomic E-state index is 14.9. The van der Waals surface area contributed by atoms with Crippen LogP contribution in [0, 0.1) is 18.3 Å². The highest BCUT2D eigenvalue weighted by Crippen LogP contribution is 2.49. The smallest absolute Gasteiger partial charge is 0.318 e. The van der Waals surface area contributed by atoms with Crippen LogP contribution in [0.1, 0.15) is 52.8 Å². The van der Waals surface area contributed by atoms with E-state index in [1.807, 2.05) is 29.3 Å². The van der Waals surface area contributed by atoms with E-state index in [0.29, 0.717) is 51.4 Å². The van der Waals surface area contributed by atoms with Crippen LogP contribution in [0.2, 0.25) is 0 Å². The number of piperazine rings is 1. The predicted octanol–water partition coefficient (Wildman–Crippen LogP) is 6.30. The average molecular weight is 813 g/mol. The first-order valence-electron chi connectivity index (χ1n) is 21.7. The standard InChI is InChI=1S/C49H52N10O2/c1-34-20-21-42-41(29-51-54-42)45(34)56-26-23-40-43(31-56)52-48(61-33-39-19-12-25-55(39)2)53-46(40)57-27-28-58(38(30-57)22-24-50)47(60)44-32-59(44)49(35-13-6-3-7-14-35,36-15-8-4-9-16-36)37-17-10-5-11-18-37/h3-11,13-18,20-21,29,38-39,44H,12,19,22-23,25-28,30-33H2,1-2H3,(H,51,54)/t38?,39?,44?,59-/m1/s1. The largest absolute Gasteiger partial charge is 0.462 e. The molecule has 0 saturated carbocycles. The van der Waals surface area contributed by atoms with E-state index in [1.54, 1.807) is 0 Å². The van der Waals surface area contributed by atoms with E-state index in [1.165, 1.54) is 11.3 Å². The van der Waals surface area contributed by atoms with Gasteiger partial charge in [0.1, 0.15) is 18.5 Å². The number of nitrogens with one attached hydrogen (secondary N) is 1. The number of hydrogen-bond donors (Lipinski definition) is 1. The zero-order valence-corrected chi connectivity index (χ0v) is 35.0. The van der Waals surface area contributed by atoms with E-state index in [2.05, 4.69) is 135 Å². The quantitative estimate of drug-likeness (QED) is 0.118. The number of likely N-dealkylation sites (N-methyl/N-ethyl adjacent to an activating group) is 1. The monoisotopic (exact) mass is 812 g/mol. The van der Waals surface area contributed by atoms with Gasteiger partial charge in [0.25, 0.3) is 0 Å². The van der Waals surface area contributed by atoms with Gasteiger partial charge in [-0.2, -0.15) is 20.3 Å². The van der Waals surface area contributed by atoms with Crippen molar-refractivity contribution < 1.29 is 9.53 Å². The molecule has 4 aliphatic rings. The Labute approximate surface area is 357 Å². The lowest BCUT2D eigenvalue weighted by molar-refractivity contribution is -0.134. The molecular weight excluding hydrogens is 761 g/mol. The molecule has 0 aliphatic carbocycles. The summed E-state index contributed by atoms with van der Waals surface area (Å²) in [6, 6.07) is 38.3. The molecule has 4 aliphatic heterocycles. The minimum absolute atomic E-state index is 0.0703. The van der Waals surface area contributed by atoms with Crippen molar-refractivity contribution in [3.05, 3.63) is 143 Å². The number of amides is 1. The van der Waals surface area contributed by atoms with E-state index in [4.69, 9.17) is 14.7 Å². The SMILES string of the molecule is Cc1ccc2[nH]ncc2c1N1CCc2c(nc(OCC3CCCN3C)nc2N2CCN(C(=O)C3C[N@@]3C(c3ccccc3)(c3ccccc3)c3ccccc3)C(CC#N)C2)C1. The number of nitrogens with zero attached hydrogens (tertiary/aromatic N) is 9. The van der Waals surface area contributed by atoms with Gasteiger partial charge in [0.05, 0.1) is 53.7 Å². The first-order valence-corrected chi connectivity index (χ1v) is 21.7. The van der Waals surface area contributed by atoms with Crippen molar-refractivity contribution in [1.82, 2.24) is 34.9 Å². The third-order valence-electron chi connectivity index (χ3n) is 13.5. The molecule has 0 bridgehead atoms. The molecule has 310 valence electrons. The maximum atomic E-state index is 14.9. The highest BCUT2D eigenvalue weighted by Gasteiger charge is 2.57. The number of benzene rings is 4. The molecule has 3 fully saturated rings. The number of fused-ring (bicyclic) bond motifs is 2. The number of aromatic nitrogens is 4. The van der Waals surface area contributed by atoms with Gasteiger partial charge in [0, 0.05) is 49.7 Å². The van der Waals surface area contributed by atoms with E-state index in [-0.39, 0.29) is 24.4 Å². The minimum atomic E-state index is -0.671. The molecule has 6 heterocycles. The lowest BCUT2D eigenvalue weighted by atomic mass is 9.76. The Balaban J connectivity index is 0.950. The molecule has 1 amide bonds. The minimum Gasteiger partial charge on any atom is -0.462 e. The second-order valence-electron chi connectivity index (χ2n) is 17.0. The van der Waals surface area contributed by atoms with Crippen LogP contribution in [0.15, 0.2) is 109 Å². The Morgan fingerprint density at radius 1 is 0.852 bits per heavy atom. The van der Waals surface area contributed by atoms with Gasteiger partial charge in [-0.25, -0.2) is 0 Å². The number of aryl methyl sites for hydroxylation is 1. The number of hydrogen-bond acceptors (Lipinski definition) is 10. The van der Waals surface area contributed by atoms with Gasteiger partial charge in [-0.05, 0) is 68.1 Å².